The molecule has 1 heterocycles. The van der Waals surface area contributed by atoms with Crippen LogP contribution in [0.2, 0.25) is 0 Å². The molecule has 0 amide bonds. The summed E-state index contributed by atoms with van der Waals surface area (Å²) in [5.74, 6) is 2.67. The van der Waals surface area contributed by atoms with Crippen molar-refractivity contribution in [2.24, 2.45) is 10.9 Å². The summed E-state index contributed by atoms with van der Waals surface area (Å²) in [7, 11) is 5.23. The number of methoxy groups -OCH3 is 2. The lowest BCUT2D eigenvalue weighted by Crippen LogP contribution is -2.41. The third kappa shape index (κ3) is 7.74. The molecule has 2 aromatic rings. The van der Waals surface area contributed by atoms with Gasteiger partial charge in [-0.25, -0.2) is 4.99 Å². The molecule has 180 valence electrons. The Morgan fingerprint density at radius 1 is 1.24 bits per heavy atom. The zero-order valence-corrected chi connectivity index (χ0v) is 21.5. The molecular weight excluding hydrogens is 539 g/mol. The van der Waals surface area contributed by atoms with Gasteiger partial charge in [0.15, 0.2) is 5.96 Å². The van der Waals surface area contributed by atoms with E-state index >= 15 is 0 Å². The summed E-state index contributed by atoms with van der Waals surface area (Å²) in [6, 6.07) is 12.2. The van der Waals surface area contributed by atoms with Crippen molar-refractivity contribution >= 4 is 35.6 Å². The summed E-state index contributed by atoms with van der Waals surface area (Å²) in [4.78, 5) is 17.3. The number of nitrogens with one attached hydrogen (secondary N) is 1. The number of nitrogens with zero attached hydrogens (tertiary/aromatic N) is 3. The SMILES string of the molecule is COc1ccc(CN(C)C(=NCc2ccc([N+](=O)[O-])cc2)NCC2CCOC2)c(OC)c1.I. The summed E-state index contributed by atoms with van der Waals surface area (Å²) in [6.45, 7) is 3.30. The van der Waals surface area contributed by atoms with Gasteiger partial charge >= 0.3 is 0 Å². The normalized spacial score (nSPS) is 15.5. The van der Waals surface area contributed by atoms with Crippen molar-refractivity contribution < 1.29 is 19.1 Å². The number of nitro benzene ring substituents is 1. The molecule has 1 saturated heterocycles. The monoisotopic (exact) mass is 570 g/mol. The maximum Gasteiger partial charge on any atom is 0.269 e. The highest BCUT2D eigenvalue weighted by molar-refractivity contribution is 14.0. The van der Waals surface area contributed by atoms with Crippen LogP contribution in [-0.2, 0) is 17.8 Å². The van der Waals surface area contributed by atoms with Gasteiger partial charge in [-0.3, -0.25) is 10.1 Å². The average Bonchev–Trinajstić information content (AvgIpc) is 3.33. The van der Waals surface area contributed by atoms with E-state index in [1.165, 1.54) is 12.1 Å². The van der Waals surface area contributed by atoms with Gasteiger partial charge in [0.1, 0.15) is 11.5 Å². The van der Waals surface area contributed by atoms with Crippen LogP contribution in [0.1, 0.15) is 17.5 Å². The summed E-state index contributed by atoms with van der Waals surface area (Å²) in [6.07, 6.45) is 1.03. The van der Waals surface area contributed by atoms with E-state index in [1.54, 1.807) is 26.4 Å². The van der Waals surface area contributed by atoms with Crippen LogP contribution in [0.25, 0.3) is 0 Å². The lowest BCUT2D eigenvalue weighted by molar-refractivity contribution is -0.384. The minimum absolute atomic E-state index is 0. The maximum absolute atomic E-state index is 10.9. The first kappa shape index (κ1) is 26.7. The second kappa shape index (κ2) is 13.2. The van der Waals surface area contributed by atoms with E-state index in [0.29, 0.717) is 19.0 Å². The maximum atomic E-state index is 10.9. The van der Waals surface area contributed by atoms with Crippen molar-refractivity contribution in [2.45, 2.75) is 19.5 Å². The predicted molar refractivity (Wildman–Crippen MR) is 138 cm³/mol. The van der Waals surface area contributed by atoms with Crippen LogP contribution < -0.4 is 14.8 Å². The number of hydrogen-bond donors (Lipinski definition) is 1. The molecule has 33 heavy (non-hydrogen) atoms. The number of benzene rings is 2. The molecule has 0 aliphatic carbocycles. The van der Waals surface area contributed by atoms with E-state index < -0.39 is 4.92 Å². The van der Waals surface area contributed by atoms with Gasteiger partial charge in [0.25, 0.3) is 5.69 Å². The van der Waals surface area contributed by atoms with Crippen LogP contribution in [-0.4, -0.2) is 56.8 Å². The molecule has 1 N–H and O–H groups in total. The zero-order valence-electron chi connectivity index (χ0n) is 19.2. The largest absolute Gasteiger partial charge is 0.497 e. The Hall–Kier alpha value is -2.60. The van der Waals surface area contributed by atoms with Gasteiger partial charge in [-0.1, -0.05) is 12.1 Å². The quantitative estimate of drug-likeness (QED) is 0.161. The molecule has 3 rings (SSSR count). The van der Waals surface area contributed by atoms with Crippen LogP contribution in [0.5, 0.6) is 11.5 Å². The predicted octanol–water partition coefficient (Wildman–Crippen LogP) is 3.84. The van der Waals surface area contributed by atoms with Gasteiger partial charge in [-0.05, 0) is 24.1 Å². The third-order valence-corrected chi connectivity index (χ3v) is 5.39. The number of aliphatic imine (C=N–C) groups is 1. The average molecular weight is 570 g/mol. The zero-order chi connectivity index (χ0) is 22.9. The van der Waals surface area contributed by atoms with Crippen LogP contribution in [0.15, 0.2) is 47.5 Å². The van der Waals surface area contributed by atoms with Gasteiger partial charge < -0.3 is 24.4 Å². The molecule has 0 bridgehead atoms. The van der Waals surface area contributed by atoms with Gasteiger partial charge in [0.05, 0.1) is 32.3 Å². The minimum atomic E-state index is -0.403. The van der Waals surface area contributed by atoms with Crippen LogP contribution in [0, 0.1) is 16.0 Å². The molecule has 9 nitrogen and oxygen atoms in total. The van der Waals surface area contributed by atoms with E-state index in [2.05, 4.69) is 5.32 Å². The second-order valence-electron chi connectivity index (χ2n) is 7.71. The lowest BCUT2D eigenvalue weighted by Gasteiger charge is -2.24. The first-order valence-corrected chi connectivity index (χ1v) is 10.5. The topological polar surface area (TPSA) is 98.5 Å². The summed E-state index contributed by atoms with van der Waals surface area (Å²) in [5.41, 5.74) is 1.97. The highest BCUT2D eigenvalue weighted by Crippen LogP contribution is 2.25. The van der Waals surface area contributed by atoms with E-state index in [-0.39, 0.29) is 29.7 Å². The Morgan fingerprint density at radius 2 is 2.00 bits per heavy atom. The Morgan fingerprint density at radius 3 is 2.61 bits per heavy atom. The van der Waals surface area contributed by atoms with E-state index in [0.717, 1.165) is 54.8 Å². The number of rotatable bonds is 9. The van der Waals surface area contributed by atoms with E-state index in [9.17, 15) is 10.1 Å². The first-order chi connectivity index (χ1) is 15.5. The fourth-order valence-electron chi connectivity index (χ4n) is 3.49. The Bertz CT molecular complexity index is 933. The Kier molecular flexibility index (Phi) is 10.7. The molecule has 2 aromatic carbocycles. The van der Waals surface area contributed by atoms with Gasteiger partial charge in [0.2, 0.25) is 0 Å². The Labute approximate surface area is 211 Å². The van der Waals surface area contributed by atoms with Crippen LogP contribution in [0.4, 0.5) is 5.69 Å². The highest BCUT2D eigenvalue weighted by atomic mass is 127. The highest BCUT2D eigenvalue weighted by Gasteiger charge is 2.18. The number of halogens is 1. The molecule has 1 fully saturated rings. The molecule has 0 radical (unpaired) electrons. The molecule has 0 spiro atoms. The molecule has 1 atom stereocenters. The number of hydrogen-bond acceptors (Lipinski definition) is 6. The van der Waals surface area contributed by atoms with Crippen molar-refractivity contribution in [3.63, 3.8) is 0 Å². The van der Waals surface area contributed by atoms with E-state index in [1.807, 2.05) is 30.1 Å². The fraction of sp³-hybridized carbons (Fsp3) is 0.435. The van der Waals surface area contributed by atoms with Crippen LogP contribution >= 0.6 is 24.0 Å². The standard InChI is InChI=1S/C23H30N4O5.HI/c1-26(15-19-6-9-21(30-2)12-22(19)31-3)23(25-14-18-10-11-32-16-18)24-13-17-4-7-20(8-5-17)27(28)29;/h4-9,12,18H,10-11,13-16H2,1-3H3,(H,24,25);1H. The molecule has 10 heteroatoms. The number of guanidine groups is 1. The van der Waals surface area contributed by atoms with Gasteiger partial charge in [-0.15, -0.1) is 24.0 Å². The molecule has 0 aromatic heterocycles. The number of ether oxygens (including phenoxy) is 3. The third-order valence-electron chi connectivity index (χ3n) is 5.39. The number of non-ortho nitro benzene ring substituents is 1. The van der Waals surface area contributed by atoms with E-state index in [4.69, 9.17) is 19.2 Å². The van der Waals surface area contributed by atoms with Gasteiger partial charge in [-0.2, -0.15) is 0 Å². The molecule has 1 aliphatic heterocycles. The van der Waals surface area contributed by atoms with Crippen molar-refractivity contribution in [2.75, 3.05) is 41.0 Å². The fourth-order valence-corrected chi connectivity index (χ4v) is 3.49. The van der Waals surface area contributed by atoms with Crippen molar-refractivity contribution in [1.29, 1.82) is 0 Å². The first-order valence-electron chi connectivity index (χ1n) is 10.5. The minimum Gasteiger partial charge on any atom is -0.497 e. The molecule has 0 saturated carbocycles. The summed E-state index contributed by atoms with van der Waals surface area (Å²) in [5, 5.41) is 14.3. The second-order valence-corrected chi connectivity index (χ2v) is 7.71. The lowest BCUT2D eigenvalue weighted by atomic mass is 10.1. The summed E-state index contributed by atoms with van der Waals surface area (Å²) < 4.78 is 16.3. The Balaban J connectivity index is 0.00000385. The molecule has 1 unspecified atom stereocenters. The van der Waals surface area contributed by atoms with Crippen molar-refractivity contribution in [3.05, 3.63) is 63.7 Å². The van der Waals surface area contributed by atoms with Crippen LogP contribution in [0.3, 0.4) is 0 Å². The molecule has 1 aliphatic rings. The molecular formula is C23H31IN4O5. The van der Waals surface area contributed by atoms with Crippen molar-refractivity contribution in [3.8, 4) is 11.5 Å². The summed E-state index contributed by atoms with van der Waals surface area (Å²) >= 11 is 0. The number of nitro groups is 1. The smallest absolute Gasteiger partial charge is 0.269 e. The van der Waals surface area contributed by atoms with Crippen molar-refractivity contribution in [1.82, 2.24) is 10.2 Å². The van der Waals surface area contributed by atoms with Gasteiger partial charge in [0, 0.05) is 56.4 Å².